The number of sulfonamides is 1. The van der Waals surface area contributed by atoms with Crippen LogP contribution in [0.4, 0.5) is 0 Å². The van der Waals surface area contributed by atoms with Gasteiger partial charge in [-0.2, -0.15) is 5.10 Å². The largest absolute Gasteiger partial charge is 0.493 e. The van der Waals surface area contributed by atoms with Crippen molar-refractivity contribution >= 4 is 27.0 Å². The zero-order valence-electron chi connectivity index (χ0n) is 23.8. The number of rotatable bonds is 11. The number of nitrogens with zero attached hydrogens (tertiary/aromatic N) is 2. The third kappa shape index (κ3) is 6.21. The highest BCUT2D eigenvalue weighted by Gasteiger charge is 2.22. The van der Waals surface area contributed by atoms with E-state index < -0.39 is 21.6 Å². The number of fused-ring (bicyclic) bond motifs is 1. The minimum Gasteiger partial charge on any atom is -0.493 e. The maximum Gasteiger partial charge on any atom is 0.358 e. The van der Waals surface area contributed by atoms with Crippen LogP contribution < -0.4 is 29.7 Å². The summed E-state index contributed by atoms with van der Waals surface area (Å²) in [6.45, 7) is -0.197. The molecule has 0 amide bonds. The summed E-state index contributed by atoms with van der Waals surface area (Å²) < 4.78 is 57.7. The molecule has 13 nitrogen and oxygen atoms in total. The topological polar surface area (TPSA) is 171 Å². The van der Waals surface area contributed by atoms with E-state index in [0.29, 0.717) is 50.9 Å². The van der Waals surface area contributed by atoms with Gasteiger partial charge in [0.05, 0.1) is 49.1 Å². The monoisotopic (exact) mass is 621 g/mol. The minimum atomic E-state index is -3.93. The van der Waals surface area contributed by atoms with Crippen LogP contribution in [-0.4, -0.2) is 58.7 Å². The molecule has 0 fully saturated rings. The zero-order valence-corrected chi connectivity index (χ0v) is 24.6. The van der Waals surface area contributed by atoms with Crippen LogP contribution in [-0.2, 0) is 14.8 Å². The lowest BCUT2D eigenvalue weighted by Crippen LogP contribution is -2.14. The molecule has 0 aliphatic heterocycles. The molecule has 0 aliphatic carbocycles. The van der Waals surface area contributed by atoms with Gasteiger partial charge in [-0.3, -0.25) is 0 Å². The third-order valence-corrected chi connectivity index (χ3v) is 7.40. The second kappa shape index (κ2) is 12.5. The van der Waals surface area contributed by atoms with Gasteiger partial charge in [-0.25, -0.2) is 27.8 Å². The summed E-state index contributed by atoms with van der Waals surface area (Å²) in [6.07, 6.45) is 0. The molecule has 0 unspecified atom stereocenters. The average Bonchev–Trinajstić information content (AvgIpc) is 3.47. The molecule has 0 saturated heterocycles. The summed E-state index contributed by atoms with van der Waals surface area (Å²) in [5.74, 6) is 0.640. The summed E-state index contributed by atoms with van der Waals surface area (Å²) in [6, 6.07) is 18.6. The standard InChI is InChI=1S/C30H27N3O10S/c1-38-26-14-18(15-27(39-2)29(26)40-3)23-16-22(32-33(23)19-8-10-20(11-9-19)44(31,36)37)30(35)42-13-12-41-25-17-28(34)43-24-7-5-4-6-21(24)25/h4-11,14-17H,12-13H2,1-3H3,(H2,31,36,37). The number of para-hydroxylation sites is 1. The number of ether oxygens (including phenoxy) is 5. The Balaban J connectivity index is 1.44. The molecule has 14 heteroatoms. The van der Waals surface area contributed by atoms with E-state index in [1.165, 1.54) is 62.4 Å². The van der Waals surface area contributed by atoms with Crippen molar-refractivity contribution in [2.75, 3.05) is 34.5 Å². The second-order valence-electron chi connectivity index (χ2n) is 9.19. The van der Waals surface area contributed by atoms with Crippen LogP contribution in [0.5, 0.6) is 23.0 Å². The summed E-state index contributed by atoms with van der Waals surface area (Å²) in [5, 5.41) is 10.3. The quantitative estimate of drug-likeness (QED) is 0.130. The van der Waals surface area contributed by atoms with E-state index in [0.717, 1.165) is 0 Å². The van der Waals surface area contributed by atoms with Gasteiger partial charge in [0.25, 0.3) is 0 Å². The van der Waals surface area contributed by atoms with E-state index in [1.54, 1.807) is 36.4 Å². The van der Waals surface area contributed by atoms with Gasteiger partial charge in [-0.15, -0.1) is 0 Å². The lowest BCUT2D eigenvalue weighted by molar-refractivity contribution is 0.0443. The number of benzene rings is 3. The van der Waals surface area contributed by atoms with Crippen LogP contribution in [0, 0.1) is 0 Å². The molecular weight excluding hydrogens is 594 g/mol. The number of carbonyl (C=O) groups excluding carboxylic acids is 1. The number of primary sulfonamides is 1. The van der Waals surface area contributed by atoms with Crippen LogP contribution in [0.3, 0.4) is 0 Å². The number of hydrogen-bond acceptors (Lipinski definition) is 11. The summed E-state index contributed by atoms with van der Waals surface area (Å²) >= 11 is 0. The van der Waals surface area contributed by atoms with E-state index in [1.807, 2.05) is 0 Å². The van der Waals surface area contributed by atoms with Gasteiger partial charge in [0.1, 0.15) is 24.5 Å². The van der Waals surface area contributed by atoms with Gasteiger partial charge in [0.15, 0.2) is 17.2 Å². The van der Waals surface area contributed by atoms with Crippen molar-refractivity contribution in [1.29, 1.82) is 0 Å². The minimum absolute atomic E-state index is 0.0462. The number of hydrogen-bond donors (Lipinski definition) is 1. The number of aromatic nitrogens is 2. The van der Waals surface area contributed by atoms with Gasteiger partial charge in [0.2, 0.25) is 15.8 Å². The molecular formula is C30H27N3O10S. The van der Waals surface area contributed by atoms with Crippen LogP contribution in [0.1, 0.15) is 10.5 Å². The van der Waals surface area contributed by atoms with Gasteiger partial charge < -0.3 is 28.1 Å². The first kappa shape index (κ1) is 30.1. The molecule has 44 heavy (non-hydrogen) atoms. The molecule has 0 atom stereocenters. The van der Waals surface area contributed by atoms with Crippen LogP contribution in [0.2, 0.25) is 0 Å². The van der Waals surface area contributed by atoms with Crippen molar-refractivity contribution in [2.45, 2.75) is 4.90 Å². The number of methoxy groups -OCH3 is 3. The van der Waals surface area contributed by atoms with Crippen molar-refractivity contribution < 1.29 is 41.3 Å². The first-order chi connectivity index (χ1) is 21.1. The number of carbonyl (C=O) groups is 1. The van der Waals surface area contributed by atoms with Crippen molar-refractivity contribution in [3.8, 4) is 39.9 Å². The third-order valence-electron chi connectivity index (χ3n) is 6.47. The first-order valence-electron chi connectivity index (χ1n) is 13.0. The maximum absolute atomic E-state index is 13.1. The van der Waals surface area contributed by atoms with Crippen LogP contribution in [0.25, 0.3) is 27.9 Å². The van der Waals surface area contributed by atoms with Crippen molar-refractivity contribution in [2.24, 2.45) is 5.14 Å². The van der Waals surface area contributed by atoms with Gasteiger partial charge >= 0.3 is 11.6 Å². The Morgan fingerprint density at radius 1 is 0.886 bits per heavy atom. The lowest BCUT2D eigenvalue weighted by Gasteiger charge is -2.15. The Hall–Kier alpha value is -5.34. The van der Waals surface area contributed by atoms with E-state index in [2.05, 4.69) is 5.10 Å². The molecule has 2 N–H and O–H groups in total. The van der Waals surface area contributed by atoms with Gasteiger partial charge in [0, 0.05) is 5.56 Å². The van der Waals surface area contributed by atoms with E-state index in [9.17, 15) is 18.0 Å². The predicted octanol–water partition coefficient (Wildman–Crippen LogP) is 3.55. The number of nitrogens with two attached hydrogens (primary N) is 1. The molecule has 0 bridgehead atoms. The molecule has 0 spiro atoms. The molecule has 0 saturated carbocycles. The normalized spacial score (nSPS) is 11.3. The SMILES string of the molecule is COc1cc(-c2cc(C(=O)OCCOc3cc(=O)oc4ccccc34)nn2-c2ccc(S(N)(=O)=O)cc2)cc(OC)c1OC. The Morgan fingerprint density at radius 2 is 1.57 bits per heavy atom. The van der Waals surface area contributed by atoms with Crippen LogP contribution in [0.15, 0.2) is 86.9 Å². The van der Waals surface area contributed by atoms with Crippen molar-refractivity contribution in [1.82, 2.24) is 9.78 Å². The smallest absolute Gasteiger partial charge is 0.358 e. The molecule has 5 aromatic rings. The van der Waals surface area contributed by atoms with E-state index >= 15 is 0 Å². The Labute approximate surface area is 251 Å². The van der Waals surface area contributed by atoms with Crippen molar-refractivity contribution in [3.63, 3.8) is 0 Å². The van der Waals surface area contributed by atoms with Gasteiger partial charge in [-0.1, -0.05) is 12.1 Å². The van der Waals surface area contributed by atoms with Crippen LogP contribution >= 0.6 is 0 Å². The highest BCUT2D eigenvalue weighted by molar-refractivity contribution is 7.89. The fourth-order valence-electron chi connectivity index (χ4n) is 4.45. The van der Waals surface area contributed by atoms with Gasteiger partial charge in [-0.05, 0) is 54.6 Å². The predicted molar refractivity (Wildman–Crippen MR) is 158 cm³/mol. The Bertz CT molecular complexity index is 1980. The molecule has 3 aromatic carbocycles. The Morgan fingerprint density at radius 3 is 2.20 bits per heavy atom. The highest BCUT2D eigenvalue weighted by Crippen LogP contribution is 2.41. The average molecular weight is 622 g/mol. The van der Waals surface area contributed by atoms with E-state index in [-0.39, 0.29) is 23.8 Å². The maximum atomic E-state index is 13.1. The Kier molecular flexibility index (Phi) is 8.55. The molecule has 228 valence electrons. The number of esters is 1. The molecule has 0 aliphatic rings. The molecule has 5 rings (SSSR count). The summed E-state index contributed by atoms with van der Waals surface area (Å²) in [4.78, 5) is 24.9. The molecule has 2 heterocycles. The van der Waals surface area contributed by atoms with Crippen molar-refractivity contribution in [3.05, 3.63) is 88.9 Å². The summed E-state index contributed by atoms with van der Waals surface area (Å²) in [5.41, 5.74) is 1.15. The fourth-order valence-corrected chi connectivity index (χ4v) is 4.97. The summed E-state index contributed by atoms with van der Waals surface area (Å²) in [7, 11) is 0.490. The first-order valence-corrected chi connectivity index (χ1v) is 14.5. The molecule has 0 radical (unpaired) electrons. The fraction of sp³-hybridized carbons (Fsp3) is 0.167. The van der Waals surface area contributed by atoms with E-state index in [4.69, 9.17) is 33.2 Å². The second-order valence-corrected chi connectivity index (χ2v) is 10.8. The lowest BCUT2D eigenvalue weighted by atomic mass is 10.1. The highest BCUT2D eigenvalue weighted by atomic mass is 32.2. The molecule has 2 aromatic heterocycles. The zero-order chi connectivity index (χ0) is 31.4.